The molecule has 28 heavy (non-hydrogen) atoms. The van der Waals surface area contributed by atoms with Crippen molar-refractivity contribution in [2.24, 2.45) is 7.05 Å². The number of nitrogens with zero attached hydrogens (tertiary/aromatic N) is 4. The van der Waals surface area contributed by atoms with Gasteiger partial charge in [0.2, 0.25) is 0 Å². The number of rotatable bonds is 5. The van der Waals surface area contributed by atoms with Crippen LogP contribution < -0.4 is 9.64 Å². The van der Waals surface area contributed by atoms with Crippen LogP contribution in [0.5, 0.6) is 5.75 Å². The summed E-state index contributed by atoms with van der Waals surface area (Å²) in [4.78, 5) is 23.8. The van der Waals surface area contributed by atoms with E-state index in [1.807, 2.05) is 30.3 Å². The van der Waals surface area contributed by atoms with Crippen molar-refractivity contribution in [3.63, 3.8) is 0 Å². The molecule has 4 aromatic rings. The van der Waals surface area contributed by atoms with Gasteiger partial charge in [-0.1, -0.05) is 53.3 Å². The van der Waals surface area contributed by atoms with E-state index in [0.29, 0.717) is 33.8 Å². The first-order valence-corrected chi connectivity index (χ1v) is 9.74. The minimum Gasteiger partial charge on any atom is -0.494 e. The number of carbonyl (C=O) groups excluding carboxylic acids is 1. The van der Waals surface area contributed by atoms with Gasteiger partial charge in [0, 0.05) is 19.4 Å². The second-order valence-corrected chi connectivity index (χ2v) is 7.55. The number of amides is 1. The molecular weight excluding hydrogens is 396 g/mol. The number of halogens is 1. The Morgan fingerprint density at radius 2 is 2.04 bits per heavy atom. The molecule has 0 fully saturated rings. The third-order valence-corrected chi connectivity index (χ3v) is 5.88. The number of anilines is 1. The molecule has 0 bridgehead atoms. The number of hydrogen-bond acceptors (Lipinski definition) is 5. The summed E-state index contributed by atoms with van der Waals surface area (Å²) in [5.74, 6) is 0.727. The SMILES string of the molecule is COc1ccc(Cl)c2sc(N(Cc3ccccc3)C(=O)c3nccn3C)nc12. The Balaban J connectivity index is 1.83. The Morgan fingerprint density at radius 3 is 2.71 bits per heavy atom. The normalized spacial score (nSPS) is 11.0. The highest BCUT2D eigenvalue weighted by Gasteiger charge is 2.25. The van der Waals surface area contributed by atoms with Crippen molar-refractivity contribution in [2.45, 2.75) is 6.54 Å². The van der Waals surface area contributed by atoms with Crippen molar-refractivity contribution in [1.82, 2.24) is 14.5 Å². The average Bonchev–Trinajstić information content (AvgIpc) is 3.34. The number of imidazole rings is 1. The van der Waals surface area contributed by atoms with Crippen molar-refractivity contribution in [3.05, 3.63) is 71.3 Å². The van der Waals surface area contributed by atoms with E-state index in [2.05, 4.69) is 9.97 Å². The van der Waals surface area contributed by atoms with Gasteiger partial charge < -0.3 is 9.30 Å². The second-order valence-electron chi connectivity index (χ2n) is 6.16. The fourth-order valence-electron chi connectivity index (χ4n) is 2.91. The highest BCUT2D eigenvalue weighted by atomic mass is 35.5. The zero-order valence-electron chi connectivity index (χ0n) is 15.3. The molecule has 2 aromatic heterocycles. The Kier molecular flexibility index (Phi) is 5.02. The predicted molar refractivity (Wildman–Crippen MR) is 111 cm³/mol. The third kappa shape index (κ3) is 3.34. The molecule has 0 saturated heterocycles. The summed E-state index contributed by atoms with van der Waals surface area (Å²) in [5.41, 5.74) is 1.63. The van der Waals surface area contributed by atoms with Gasteiger partial charge in [-0.2, -0.15) is 0 Å². The summed E-state index contributed by atoms with van der Waals surface area (Å²) in [6.45, 7) is 0.367. The smallest absolute Gasteiger partial charge is 0.296 e. The van der Waals surface area contributed by atoms with E-state index in [4.69, 9.17) is 16.3 Å². The van der Waals surface area contributed by atoms with Crippen LogP contribution >= 0.6 is 22.9 Å². The zero-order valence-corrected chi connectivity index (χ0v) is 16.9. The number of methoxy groups -OCH3 is 1. The minimum absolute atomic E-state index is 0.231. The molecule has 0 spiro atoms. The van der Waals surface area contributed by atoms with Gasteiger partial charge in [0.1, 0.15) is 11.3 Å². The van der Waals surface area contributed by atoms with Crippen molar-refractivity contribution in [1.29, 1.82) is 0 Å². The molecule has 0 N–H and O–H groups in total. The van der Waals surface area contributed by atoms with Gasteiger partial charge in [-0.25, -0.2) is 9.97 Å². The summed E-state index contributed by atoms with van der Waals surface area (Å²) >= 11 is 7.72. The van der Waals surface area contributed by atoms with Crippen LogP contribution in [0.4, 0.5) is 5.13 Å². The van der Waals surface area contributed by atoms with E-state index < -0.39 is 0 Å². The van der Waals surface area contributed by atoms with Crippen LogP contribution in [0, 0.1) is 0 Å². The number of hydrogen-bond donors (Lipinski definition) is 0. The van der Waals surface area contributed by atoms with Gasteiger partial charge in [0.25, 0.3) is 5.91 Å². The van der Waals surface area contributed by atoms with Crippen LogP contribution in [0.15, 0.2) is 54.9 Å². The van der Waals surface area contributed by atoms with Gasteiger partial charge in [0.15, 0.2) is 11.0 Å². The summed E-state index contributed by atoms with van der Waals surface area (Å²) in [5, 5.41) is 1.11. The van der Waals surface area contributed by atoms with Gasteiger partial charge in [-0.15, -0.1) is 0 Å². The first kappa shape index (κ1) is 18.5. The van der Waals surface area contributed by atoms with E-state index in [0.717, 1.165) is 10.3 Å². The summed E-state index contributed by atoms with van der Waals surface area (Å²) in [6, 6.07) is 13.3. The fraction of sp³-hybridized carbons (Fsp3) is 0.150. The minimum atomic E-state index is -0.231. The lowest BCUT2D eigenvalue weighted by Crippen LogP contribution is -2.32. The van der Waals surface area contributed by atoms with Gasteiger partial charge >= 0.3 is 0 Å². The first-order valence-electron chi connectivity index (χ1n) is 8.54. The van der Waals surface area contributed by atoms with Crippen LogP contribution in [0.25, 0.3) is 10.2 Å². The molecular formula is C20H17ClN4O2S. The predicted octanol–water partition coefficient (Wildman–Crippen LogP) is 4.54. The molecule has 6 nitrogen and oxygen atoms in total. The molecule has 0 aliphatic carbocycles. The molecule has 0 aliphatic heterocycles. The number of benzene rings is 2. The summed E-state index contributed by atoms with van der Waals surface area (Å²) < 4.78 is 7.89. The number of aryl methyl sites for hydroxylation is 1. The summed E-state index contributed by atoms with van der Waals surface area (Å²) in [7, 11) is 3.38. The number of ether oxygens (including phenoxy) is 1. The maximum Gasteiger partial charge on any atom is 0.296 e. The molecule has 0 unspecified atom stereocenters. The molecule has 1 amide bonds. The molecule has 0 aliphatic rings. The van der Waals surface area contributed by atoms with E-state index in [1.54, 1.807) is 48.2 Å². The molecule has 0 atom stereocenters. The van der Waals surface area contributed by atoms with Crippen LogP contribution in [-0.4, -0.2) is 27.6 Å². The Bertz CT molecular complexity index is 1140. The lowest BCUT2D eigenvalue weighted by atomic mass is 10.2. The quantitative estimate of drug-likeness (QED) is 0.483. The highest BCUT2D eigenvalue weighted by molar-refractivity contribution is 7.23. The molecule has 142 valence electrons. The maximum absolute atomic E-state index is 13.3. The standard InChI is InChI=1S/C20H17ClN4O2S/c1-24-11-10-22-18(24)19(26)25(12-13-6-4-3-5-7-13)20-23-16-15(27-2)9-8-14(21)17(16)28-20/h3-11H,12H2,1-2H3. The monoisotopic (exact) mass is 412 g/mol. The molecule has 2 heterocycles. The lowest BCUT2D eigenvalue weighted by Gasteiger charge is -2.19. The summed E-state index contributed by atoms with van der Waals surface area (Å²) in [6.07, 6.45) is 3.35. The number of aromatic nitrogens is 3. The van der Waals surface area contributed by atoms with E-state index >= 15 is 0 Å². The Morgan fingerprint density at radius 1 is 1.25 bits per heavy atom. The molecule has 2 aromatic carbocycles. The van der Waals surface area contributed by atoms with Gasteiger partial charge in [-0.3, -0.25) is 9.69 Å². The lowest BCUT2D eigenvalue weighted by molar-refractivity contribution is 0.0972. The average molecular weight is 413 g/mol. The van der Waals surface area contributed by atoms with Crippen molar-refractivity contribution in [2.75, 3.05) is 12.0 Å². The van der Waals surface area contributed by atoms with Crippen LogP contribution in [0.1, 0.15) is 16.2 Å². The van der Waals surface area contributed by atoms with Gasteiger partial charge in [-0.05, 0) is 17.7 Å². The largest absolute Gasteiger partial charge is 0.494 e. The first-order chi connectivity index (χ1) is 13.6. The Hall–Kier alpha value is -2.90. The third-order valence-electron chi connectivity index (χ3n) is 4.34. The van der Waals surface area contributed by atoms with Crippen molar-refractivity contribution < 1.29 is 9.53 Å². The van der Waals surface area contributed by atoms with E-state index in [9.17, 15) is 4.79 Å². The van der Waals surface area contributed by atoms with E-state index in [-0.39, 0.29) is 5.91 Å². The van der Waals surface area contributed by atoms with Crippen LogP contribution in [0.3, 0.4) is 0 Å². The second kappa shape index (κ2) is 7.61. The number of carbonyl (C=O) groups is 1. The maximum atomic E-state index is 13.3. The molecule has 0 radical (unpaired) electrons. The van der Waals surface area contributed by atoms with Crippen molar-refractivity contribution >= 4 is 44.2 Å². The zero-order chi connectivity index (χ0) is 19.7. The van der Waals surface area contributed by atoms with Crippen molar-refractivity contribution in [3.8, 4) is 5.75 Å². The Labute approximate surface area is 171 Å². The fourth-order valence-corrected chi connectivity index (χ4v) is 4.16. The van der Waals surface area contributed by atoms with Crippen LogP contribution in [-0.2, 0) is 13.6 Å². The molecule has 0 saturated carbocycles. The van der Waals surface area contributed by atoms with Gasteiger partial charge in [0.05, 0.1) is 23.4 Å². The van der Waals surface area contributed by atoms with Crippen LogP contribution in [0.2, 0.25) is 5.02 Å². The molecule has 4 rings (SSSR count). The molecule has 8 heteroatoms. The van der Waals surface area contributed by atoms with E-state index in [1.165, 1.54) is 11.3 Å². The number of fused-ring (bicyclic) bond motifs is 1. The number of thiazole rings is 1. The highest BCUT2D eigenvalue weighted by Crippen LogP contribution is 2.39. The topological polar surface area (TPSA) is 60.2 Å².